The van der Waals surface area contributed by atoms with Crippen LogP contribution in [0.15, 0.2) is 64.5 Å². The molecule has 0 atom stereocenters. The fourth-order valence-corrected chi connectivity index (χ4v) is 6.04. The van der Waals surface area contributed by atoms with Gasteiger partial charge in [-0.25, -0.2) is 21.9 Å². The number of nitrogens with one attached hydrogen (secondary N) is 1. The summed E-state index contributed by atoms with van der Waals surface area (Å²) in [5.41, 5.74) is 1.04. The SMILES string of the molecule is CCNS(=O)(=O)c1ccc(Oc2ccc(F)cc2F)c(-c2cn(C)c(=O)c3ccn(COCC[Si](C)(C)C)c23)c1. The summed E-state index contributed by atoms with van der Waals surface area (Å²) in [4.78, 5) is 13.0. The van der Waals surface area contributed by atoms with Crippen molar-refractivity contribution in [1.29, 1.82) is 0 Å². The Kier molecular flexibility index (Phi) is 8.64. The maximum Gasteiger partial charge on any atom is 0.259 e. The minimum absolute atomic E-state index is 0.0391. The van der Waals surface area contributed by atoms with Crippen LogP contribution in [0.1, 0.15) is 6.92 Å². The summed E-state index contributed by atoms with van der Waals surface area (Å²) < 4.78 is 71.3. The summed E-state index contributed by atoms with van der Waals surface area (Å²) in [7, 11) is -3.60. The number of nitrogens with zero attached hydrogens (tertiary/aromatic N) is 2. The quantitative estimate of drug-likeness (QED) is 0.179. The van der Waals surface area contributed by atoms with Gasteiger partial charge < -0.3 is 18.6 Å². The van der Waals surface area contributed by atoms with Crippen molar-refractivity contribution in [2.24, 2.45) is 7.05 Å². The summed E-state index contributed by atoms with van der Waals surface area (Å²) in [5, 5.41) is 0.396. The highest BCUT2D eigenvalue weighted by molar-refractivity contribution is 7.89. The zero-order chi connectivity index (χ0) is 29.2. The van der Waals surface area contributed by atoms with Crippen LogP contribution < -0.4 is 15.0 Å². The molecule has 2 aromatic heterocycles. The second-order valence-electron chi connectivity index (χ2n) is 10.7. The van der Waals surface area contributed by atoms with Crippen LogP contribution in [0.4, 0.5) is 8.78 Å². The van der Waals surface area contributed by atoms with E-state index in [9.17, 15) is 22.0 Å². The Bertz CT molecular complexity index is 1710. The molecule has 40 heavy (non-hydrogen) atoms. The molecule has 0 saturated carbocycles. The van der Waals surface area contributed by atoms with E-state index >= 15 is 0 Å². The number of aryl methyl sites for hydroxylation is 1. The number of fused-ring (bicyclic) bond motifs is 1. The van der Waals surface area contributed by atoms with E-state index in [-0.39, 0.29) is 35.2 Å². The van der Waals surface area contributed by atoms with Crippen molar-refractivity contribution in [1.82, 2.24) is 13.9 Å². The van der Waals surface area contributed by atoms with E-state index in [0.717, 1.165) is 18.2 Å². The summed E-state index contributed by atoms with van der Waals surface area (Å²) in [6.07, 6.45) is 3.32. The average Bonchev–Trinajstić information content (AvgIpc) is 3.29. The number of aromatic nitrogens is 2. The van der Waals surface area contributed by atoms with Crippen LogP contribution in [0.2, 0.25) is 25.7 Å². The first-order chi connectivity index (χ1) is 18.8. The normalized spacial score (nSPS) is 12.3. The van der Waals surface area contributed by atoms with Gasteiger partial charge in [-0.05, 0) is 42.4 Å². The number of pyridine rings is 1. The lowest BCUT2D eigenvalue weighted by Gasteiger charge is -2.18. The van der Waals surface area contributed by atoms with E-state index in [4.69, 9.17) is 9.47 Å². The summed E-state index contributed by atoms with van der Waals surface area (Å²) in [6.45, 7) is 9.34. The molecular weight excluding hydrogens is 556 g/mol. The summed E-state index contributed by atoms with van der Waals surface area (Å²) >= 11 is 0. The van der Waals surface area contributed by atoms with E-state index in [0.29, 0.717) is 34.7 Å². The molecule has 0 unspecified atom stereocenters. The van der Waals surface area contributed by atoms with E-state index in [1.165, 1.54) is 22.8 Å². The molecular formula is C28H33F2N3O5SSi. The topological polar surface area (TPSA) is 91.6 Å². The van der Waals surface area contributed by atoms with Gasteiger partial charge in [-0.1, -0.05) is 26.6 Å². The van der Waals surface area contributed by atoms with Gasteiger partial charge in [-0.2, -0.15) is 0 Å². The van der Waals surface area contributed by atoms with Gasteiger partial charge in [0.05, 0.1) is 15.8 Å². The number of ether oxygens (including phenoxy) is 2. The minimum atomic E-state index is -3.87. The minimum Gasteiger partial charge on any atom is -0.454 e. The van der Waals surface area contributed by atoms with Crippen LogP contribution in [0.3, 0.4) is 0 Å². The number of halogens is 2. The van der Waals surface area contributed by atoms with Crippen LogP contribution in [0.5, 0.6) is 11.5 Å². The van der Waals surface area contributed by atoms with Gasteiger partial charge >= 0.3 is 0 Å². The molecule has 0 amide bonds. The van der Waals surface area contributed by atoms with Gasteiger partial charge in [0.1, 0.15) is 18.3 Å². The largest absolute Gasteiger partial charge is 0.454 e. The third-order valence-electron chi connectivity index (χ3n) is 6.32. The first kappa shape index (κ1) is 29.7. The lowest BCUT2D eigenvalue weighted by atomic mass is 10.0. The van der Waals surface area contributed by atoms with E-state index in [2.05, 4.69) is 24.4 Å². The van der Waals surface area contributed by atoms with Crippen molar-refractivity contribution in [3.8, 4) is 22.6 Å². The summed E-state index contributed by atoms with van der Waals surface area (Å²) in [5.74, 6) is -1.80. The molecule has 0 radical (unpaired) electrons. The van der Waals surface area contributed by atoms with Gasteiger partial charge in [0.15, 0.2) is 11.6 Å². The van der Waals surface area contributed by atoms with Gasteiger partial charge in [0, 0.05) is 57.9 Å². The van der Waals surface area contributed by atoms with Crippen molar-refractivity contribution < 1.29 is 26.7 Å². The molecule has 1 N–H and O–H groups in total. The molecule has 0 spiro atoms. The van der Waals surface area contributed by atoms with Gasteiger partial charge in [-0.15, -0.1) is 0 Å². The first-order valence-electron chi connectivity index (χ1n) is 12.8. The van der Waals surface area contributed by atoms with Crippen molar-refractivity contribution in [3.05, 3.63) is 76.8 Å². The molecule has 0 aliphatic heterocycles. The fraction of sp³-hybridized carbons (Fsp3) is 0.321. The monoisotopic (exact) mass is 589 g/mol. The molecule has 0 fully saturated rings. The Balaban J connectivity index is 1.90. The Morgan fingerprint density at radius 1 is 1.00 bits per heavy atom. The number of rotatable bonds is 11. The number of sulfonamides is 1. The van der Waals surface area contributed by atoms with Crippen LogP contribution >= 0.6 is 0 Å². The molecule has 214 valence electrons. The Hall–Kier alpha value is -3.32. The number of benzene rings is 2. The van der Waals surface area contributed by atoms with Crippen LogP contribution in [0, 0.1) is 11.6 Å². The third kappa shape index (κ3) is 6.52. The predicted molar refractivity (Wildman–Crippen MR) is 154 cm³/mol. The van der Waals surface area contributed by atoms with Crippen molar-refractivity contribution in [2.75, 3.05) is 13.2 Å². The highest BCUT2D eigenvalue weighted by Gasteiger charge is 2.22. The lowest BCUT2D eigenvalue weighted by Crippen LogP contribution is -2.23. The zero-order valence-corrected chi connectivity index (χ0v) is 24.9. The molecule has 0 bridgehead atoms. The maximum absolute atomic E-state index is 14.5. The smallest absolute Gasteiger partial charge is 0.259 e. The van der Waals surface area contributed by atoms with Crippen LogP contribution in [0.25, 0.3) is 22.0 Å². The van der Waals surface area contributed by atoms with Crippen molar-refractivity contribution >= 4 is 29.0 Å². The molecule has 4 aromatic rings. The van der Waals surface area contributed by atoms with Gasteiger partial charge in [0.25, 0.3) is 5.56 Å². The molecule has 0 aliphatic rings. The standard InChI is InChI=1S/C28H33F2N3O5SSi/c1-6-31-39(35,36)20-8-10-25(38-26-9-7-19(29)15-24(26)30)22(16-20)23-17-32(2)28(34)21-11-12-33(27(21)23)18-37-13-14-40(3,4)5/h7-12,15-17,31H,6,13-14,18H2,1-5H3. The maximum atomic E-state index is 14.5. The van der Waals surface area contributed by atoms with E-state index in [1.807, 2.05) is 0 Å². The lowest BCUT2D eigenvalue weighted by molar-refractivity contribution is 0.0903. The van der Waals surface area contributed by atoms with Crippen molar-refractivity contribution in [3.63, 3.8) is 0 Å². The molecule has 4 rings (SSSR count). The Morgan fingerprint density at radius 3 is 2.40 bits per heavy atom. The highest BCUT2D eigenvalue weighted by Crippen LogP contribution is 2.39. The Labute approximate surface area is 233 Å². The highest BCUT2D eigenvalue weighted by atomic mass is 32.2. The zero-order valence-electron chi connectivity index (χ0n) is 23.1. The van der Waals surface area contributed by atoms with Crippen LogP contribution in [-0.4, -0.2) is 38.8 Å². The average molecular weight is 590 g/mol. The number of hydrogen-bond acceptors (Lipinski definition) is 5. The second-order valence-corrected chi connectivity index (χ2v) is 18.1. The number of hydrogen-bond donors (Lipinski definition) is 1. The fourth-order valence-electron chi connectivity index (χ4n) is 4.22. The van der Waals surface area contributed by atoms with Gasteiger partial charge in [0.2, 0.25) is 10.0 Å². The third-order valence-corrected chi connectivity index (χ3v) is 9.57. The molecule has 12 heteroatoms. The second kappa shape index (κ2) is 11.7. The molecule has 0 aliphatic carbocycles. The van der Waals surface area contributed by atoms with E-state index < -0.39 is 29.7 Å². The Morgan fingerprint density at radius 2 is 1.73 bits per heavy atom. The van der Waals surface area contributed by atoms with Crippen molar-refractivity contribution in [2.45, 2.75) is 44.2 Å². The van der Waals surface area contributed by atoms with Gasteiger partial charge in [-0.3, -0.25) is 4.79 Å². The molecule has 0 saturated heterocycles. The predicted octanol–water partition coefficient (Wildman–Crippen LogP) is 5.69. The van der Waals surface area contributed by atoms with E-state index in [1.54, 1.807) is 37.0 Å². The molecule has 2 heterocycles. The molecule has 8 nitrogen and oxygen atoms in total. The first-order valence-corrected chi connectivity index (χ1v) is 18.0. The van der Waals surface area contributed by atoms with Crippen LogP contribution in [-0.2, 0) is 28.5 Å². The summed E-state index contributed by atoms with van der Waals surface area (Å²) in [6, 6.07) is 9.74. The molecule has 2 aromatic carbocycles.